The van der Waals surface area contributed by atoms with E-state index in [0.29, 0.717) is 11.6 Å². The Morgan fingerprint density at radius 3 is 2.58 bits per heavy atom. The van der Waals surface area contributed by atoms with Crippen LogP contribution in [0, 0.1) is 0 Å². The van der Waals surface area contributed by atoms with Crippen molar-refractivity contribution >= 4 is 17.5 Å². The molecule has 4 heteroatoms. The lowest BCUT2D eigenvalue weighted by Crippen LogP contribution is -2.44. The SMILES string of the molecule is CC(c1cccc(Cl)c1)N(C)C(=O)CNC(C)(C)C. The van der Waals surface area contributed by atoms with Crippen LogP contribution in [0.15, 0.2) is 24.3 Å². The number of carbonyl (C=O) groups is 1. The zero-order valence-corrected chi connectivity index (χ0v) is 13.1. The number of halogens is 1. The Bertz CT molecular complexity index is 440. The Balaban J connectivity index is 2.66. The van der Waals surface area contributed by atoms with Crippen LogP contribution in [0.4, 0.5) is 0 Å². The molecule has 1 rings (SSSR count). The van der Waals surface area contributed by atoms with Crippen LogP contribution >= 0.6 is 11.6 Å². The van der Waals surface area contributed by atoms with Gasteiger partial charge in [-0.2, -0.15) is 0 Å². The molecule has 0 bridgehead atoms. The molecule has 0 aliphatic rings. The smallest absolute Gasteiger partial charge is 0.236 e. The Hall–Kier alpha value is -1.06. The highest BCUT2D eigenvalue weighted by Gasteiger charge is 2.19. The van der Waals surface area contributed by atoms with Gasteiger partial charge in [-0.05, 0) is 45.4 Å². The average Bonchev–Trinajstić information content (AvgIpc) is 2.33. The van der Waals surface area contributed by atoms with Crippen molar-refractivity contribution in [3.05, 3.63) is 34.9 Å². The Kier molecular flexibility index (Phi) is 5.39. The molecule has 1 atom stereocenters. The van der Waals surface area contributed by atoms with Crippen LogP contribution in [-0.2, 0) is 4.79 Å². The van der Waals surface area contributed by atoms with E-state index in [0.717, 1.165) is 5.56 Å². The lowest BCUT2D eigenvalue weighted by Gasteiger charge is -2.28. The molecule has 0 heterocycles. The lowest BCUT2D eigenvalue weighted by atomic mass is 10.1. The molecule has 0 aromatic heterocycles. The van der Waals surface area contributed by atoms with Crippen molar-refractivity contribution in [2.24, 2.45) is 0 Å². The summed E-state index contributed by atoms with van der Waals surface area (Å²) < 4.78 is 0. The number of nitrogens with one attached hydrogen (secondary N) is 1. The molecule has 0 radical (unpaired) electrons. The summed E-state index contributed by atoms with van der Waals surface area (Å²) in [6.45, 7) is 8.47. The van der Waals surface area contributed by atoms with Gasteiger partial charge >= 0.3 is 0 Å². The minimum absolute atomic E-state index is 0.00738. The standard InChI is InChI=1S/C15H23ClN2O/c1-11(12-7-6-8-13(16)9-12)18(5)14(19)10-17-15(2,3)4/h6-9,11,17H,10H2,1-5H3. The first kappa shape index (κ1) is 16.0. The van der Waals surface area contributed by atoms with E-state index in [-0.39, 0.29) is 17.5 Å². The van der Waals surface area contributed by atoms with Crippen LogP contribution in [-0.4, -0.2) is 29.9 Å². The maximum absolute atomic E-state index is 12.1. The number of nitrogens with zero attached hydrogens (tertiary/aromatic N) is 1. The maximum atomic E-state index is 12.1. The Labute approximate surface area is 120 Å². The minimum atomic E-state index is -0.0597. The number of hydrogen-bond acceptors (Lipinski definition) is 2. The highest BCUT2D eigenvalue weighted by molar-refractivity contribution is 6.30. The van der Waals surface area contributed by atoms with Crippen molar-refractivity contribution in [2.75, 3.05) is 13.6 Å². The third-order valence-electron chi connectivity index (χ3n) is 3.08. The fourth-order valence-electron chi connectivity index (χ4n) is 1.67. The van der Waals surface area contributed by atoms with Gasteiger partial charge in [0.25, 0.3) is 0 Å². The van der Waals surface area contributed by atoms with Crippen molar-refractivity contribution < 1.29 is 4.79 Å². The van der Waals surface area contributed by atoms with Crippen LogP contribution in [0.1, 0.15) is 39.3 Å². The monoisotopic (exact) mass is 282 g/mol. The first-order valence-corrected chi connectivity index (χ1v) is 6.84. The van der Waals surface area contributed by atoms with Crippen molar-refractivity contribution in [1.29, 1.82) is 0 Å². The van der Waals surface area contributed by atoms with E-state index < -0.39 is 0 Å². The fourth-order valence-corrected chi connectivity index (χ4v) is 1.87. The molecule has 0 aliphatic carbocycles. The van der Waals surface area contributed by atoms with Crippen molar-refractivity contribution in [3.63, 3.8) is 0 Å². The molecule has 0 spiro atoms. The predicted molar refractivity (Wildman–Crippen MR) is 80.4 cm³/mol. The highest BCUT2D eigenvalue weighted by atomic mass is 35.5. The Morgan fingerprint density at radius 2 is 2.05 bits per heavy atom. The number of likely N-dealkylation sites (N-methyl/N-ethyl adjacent to an activating group) is 1. The van der Waals surface area contributed by atoms with Gasteiger partial charge in [0.15, 0.2) is 0 Å². The second kappa shape index (κ2) is 6.40. The second-order valence-corrected chi connectivity index (χ2v) is 6.28. The molecular weight excluding hydrogens is 260 g/mol. The topological polar surface area (TPSA) is 32.3 Å². The normalized spacial score (nSPS) is 13.2. The molecule has 1 aromatic carbocycles. The molecule has 1 unspecified atom stereocenters. The largest absolute Gasteiger partial charge is 0.338 e. The van der Waals surface area contributed by atoms with Gasteiger partial charge < -0.3 is 10.2 Å². The number of hydrogen-bond donors (Lipinski definition) is 1. The minimum Gasteiger partial charge on any atom is -0.338 e. The first-order chi connectivity index (χ1) is 8.70. The van der Waals surface area contributed by atoms with Crippen molar-refractivity contribution in [3.8, 4) is 0 Å². The number of rotatable bonds is 4. The van der Waals surface area contributed by atoms with Gasteiger partial charge in [0.05, 0.1) is 12.6 Å². The van der Waals surface area contributed by atoms with Gasteiger partial charge in [-0.1, -0.05) is 23.7 Å². The van der Waals surface area contributed by atoms with Gasteiger partial charge in [0, 0.05) is 17.6 Å². The van der Waals surface area contributed by atoms with E-state index in [1.54, 1.807) is 4.90 Å². The van der Waals surface area contributed by atoms with Crippen molar-refractivity contribution in [1.82, 2.24) is 10.2 Å². The first-order valence-electron chi connectivity index (χ1n) is 6.47. The van der Waals surface area contributed by atoms with E-state index in [1.807, 2.05) is 59.0 Å². The molecule has 1 N–H and O–H groups in total. The summed E-state index contributed by atoms with van der Waals surface area (Å²) in [5.41, 5.74) is 0.981. The maximum Gasteiger partial charge on any atom is 0.236 e. The van der Waals surface area contributed by atoms with Gasteiger partial charge in [-0.15, -0.1) is 0 Å². The molecule has 0 saturated heterocycles. The second-order valence-electron chi connectivity index (χ2n) is 5.84. The molecule has 3 nitrogen and oxygen atoms in total. The summed E-state index contributed by atoms with van der Waals surface area (Å²) in [6, 6.07) is 7.62. The van der Waals surface area contributed by atoms with Crippen LogP contribution in [0.25, 0.3) is 0 Å². The molecule has 0 saturated carbocycles. The van der Waals surface area contributed by atoms with Crippen LogP contribution in [0.2, 0.25) is 5.02 Å². The van der Waals surface area contributed by atoms with E-state index in [9.17, 15) is 4.79 Å². The van der Waals surface area contributed by atoms with Gasteiger partial charge in [-0.3, -0.25) is 4.79 Å². The predicted octanol–water partition coefficient (Wildman–Crippen LogP) is 3.25. The molecule has 106 valence electrons. The summed E-state index contributed by atoms with van der Waals surface area (Å²) in [4.78, 5) is 13.9. The summed E-state index contributed by atoms with van der Waals surface area (Å²) >= 11 is 5.98. The molecule has 1 amide bonds. The zero-order chi connectivity index (χ0) is 14.6. The molecule has 0 fully saturated rings. The van der Waals surface area contributed by atoms with Gasteiger partial charge in [0.1, 0.15) is 0 Å². The van der Waals surface area contributed by atoms with E-state index in [2.05, 4.69) is 5.32 Å². The summed E-state index contributed by atoms with van der Waals surface area (Å²) in [6.07, 6.45) is 0. The number of amides is 1. The number of carbonyl (C=O) groups excluding carboxylic acids is 1. The quantitative estimate of drug-likeness (QED) is 0.919. The summed E-state index contributed by atoms with van der Waals surface area (Å²) in [5.74, 6) is 0.0717. The van der Waals surface area contributed by atoms with E-state index in [4.69, 9.17) is 11.6 Å². The van der Waals surface area contributed by atoms with Crippen LogP contribution in [0.3, 0.4) is 0 Å². The zero-order valence-electron chi connectivity index (χ0n) is 12.3. The van der Waals surface area contributed by atoms with Crippen LogP contribution < -0.4 is 5.32 Å². The highest BCUT2D eigenvalue weighted by Crippen LogP contribution is 2.21. The third-order valence-corrected chi connectivity index (χ3v) is 3.31. The summed E-state index contributed by atoms with van der Waals surface area (Å²) in [7, 11) is 1.82. The molecular formula is C15H23ClN2O. The average molecular weight is 283 g/mol. The lowest BCUT2D eigenvalue weighted by molar-refractivity contribution is -0.131. The van der Waals surface area contributed by atoms with Gasteiger partial charge in [0.2, 0.25) is 5.91 Å². The summed E-state index contributed by atoms with van der Waals surface area (Å²) in [5, 5.41) is 3.90. The van der Waals surface area contributed by atoms with Crippen LogP contribution in [0.5, 0.6) is 0 Å². The van der Waals surface area contributed by atoms with E-state index in [1.165, 1.54) is 0 Å². The Morgan fingerprint density at radius 1 is 1.42 bits per heavy atom. The number of benzene rings is 1. The van der Waals surface area contributed by atoms with Crippen molar-refractivity contribution in [2.45, 2.75) is 39.3 Å². The van der Waals surface area contributed by atoms with E-state index >= 15 is 0 Å². The molecule has 0 aliphatic heterocycles. The fraction of sp³-hybridized carbons (Fsp3) is 0.533. The van der Waals surface area contributed by atoms with Gasteiger partial charge in [-0.25, -0.2) is 0 Å². The molecule has 1 aromatic rings. The molecule has 19 heavy (non-hydrogen) atoms. The third kappa shape index (κ3) is 5.21.